The Hall–Kier alpha value is -3.54. The Morgan fingerprint density at radius 1 is 0.975 bits per heavy atom. The maximum atomic E-state index is 15.1. The molecule has 210 valence electrons. The van der Waals surface area contributed by atoms with Crippen molar-refractivity contribution in [2.24, 2.45) is 0 Å². The molecule has 2 fully saturated rings. The van der Waals surface area contributed by atoms with Gasteiger partial charge in [0.1, 0.15) is 17.2 Å². The highest BCUT2D eigenvalue weighted by atomic mass is 32.2. The summed E-state index contributed by atoms with van der Waals surface area (Å²) in [6.45, 7) is 5.71. The van der Waals surface area contributed by atoms with E-state index in [1.54, 1.807) is 23.1 Å². The van der Waals surface area contributed by atoms with Crippen LogP contribution in [0.25, 0.3) is 22.2 Å². The number of aryl methyl sites for hydroxylation is 1. The summed E-state index contributed by atoms with van der Waals surface area (Å²) in [5, 5.41) is 3.21. The number of hydrogen-bond donors (Lipinski definition) is 1. The molecule has 8 nitrogen and oxygen atoms in total. The number of halogens is 2. The first-order valence-corrected chi connectivity index (χ1v) is 15.1. The molecule has 0 aliphatic carbocycles. The summed E-state index contributed by atoms with van der Waals surface area (Å²) >= 11 is 0. The number of benzene rings is 3. The highest BCUT2D eigenvalue weighted by Crippen LogP contribution is 2.34. The van der Waals surface area contributed by atoms with Crippen LogP contribution in [0, 0.1) is 18.6 Å². The minimum absolute atomic E-state index is 0.00420. The first kappa shape index (κ1) is 26.7. The number of rotatable bonds is 6. The lowest BCUT2D eigenvalue weighted by Crippen LogP contribution is -2.40. The largest absolute Gasteiger partial charge is 0.423 e. The van der Waals surface area contributed by atoms with Crippen molar-refractivity contribution < 1.29 is 26.4 Å². The molecule has 2 saturated heterocycles. The summed E-state index contributed by atoms with van der Waals surface area (Å²) in [7, 11) is -3.08. The number of aromatic nitrogens is 1. The number of hydrogen-bond acceptors (Lipinski definition) is 8. The molecule has 0 bridgehead atoms. The average molecular weight is 569 g/mol. The van der Waals surface area contributed by atoms with Gasteiger partial charge in [0.15, 0.2) is 15.4 Å². The van der Waals surface area contributed by atoms with Gasteiger partial charge >= 0.3 is 0 Å². The third kappa shape index (κ3) is 5.54. The van der Waals surface area contributed by atoms with Crippen LogP contribution >= 0.6 is 0 Å². The van der Waals surface area contributed by atoms with Gasteiger partial charge in [-0.3, -0.25) is 4.90 Å². The minimum atomic E-state index is -3.08. The molecule has 6 rings (SSSR count). The molecule has 3 heterocycles. The Morgan fingerprint density at radius 3 is 2.40 bits per heavy atom. The first-order valence-electron chi connectivity index (χ1n) is 13.3. The molecule has 2 aliphatic heterocycles. The molecule has 1 aromatic heterocycles. The molecule has 2 aliphatic rings. The second kappa shape index (κ2) is 10.8. The molecule has 4 aromatic rings. The van der Waals surface area contributed by atoms with E-state index in [1.807, 2.05) is 12.1 Å². The number of morpholine rings is 1. The second-order valence-corrected chi connectivity index (χ2v) is 12.5. The van der Waals surface area contributed by atoms with Crippen LogP contribution in [-0.2, 0) is 21.1 Å². The molecule has 40 heavy (non-hydrogen) atoms. The van der Waals surface area contributed by atoms with Crippen LogP contribution in [0.2, 0.25) is 0 Å². The summed E-state index contributed by atoms with van der Waals surface area (Å²) in [5.41, 5.74) is 4.83. The number of sulfone groups is 1. The molecule has 0 radical (unpaired) electrons. The van der Waals surface area contributed by atoms with Crippen LogP contribution in [0.1, 0.15) is 11.1 Å². The summed E-state index contributed by atoms with van der Waals surface area (Å²) in [5.74, 6) is -1.38. The van der Waals surface area contributed by atoms with Gasteiger partial charge < -0.3 is 19.4 Å². The Kier molecular flexibility index (Phi) is 7.20. The molecular formula is C29H30F2N4O4S. The third-order valence-corrected chi connectivity index (χ3v) is 9.09. The summed E-state index contributed by atoms with van der Waals surface area (Å²) < 4.78 is 65.2. The van der Waals surface area contributed by atoms with Crippen molar-refractivity contribution in [3.8, 4) is 11.1 Å². The van der Waals surface area contributed by atoms with E-state index in [-0.39, 0.29) is 42.7 Å². The molecule has 0 saturated carbocycles. The molecular weight excluding hydrogens is 538 g/mol. The fourth-order valence-corrected chi connectivity index (χ4v) is 6.56. The lowest BCUT2D eigenvalue weighted by Gasteiger charge is -2.30. The van der Waals surface area contributed by atoms with E-state index in [0.717, 1.165) is 30.0 Å². The summed E-state index contributed by atoms with van der Waals surface area (Å²) in [6, 6.07) is 14.2. The zero-order valence-electron chi connectivity index (χ0n) is 22.1. The van der Waals surface area contributed by atoms with Crippen molar-refractivity contribution in [2.45, 2.75) is 13.5 Å². The lowest BCUT2D eigenvalue weighted by atomic mass is 10.0. The number of nitrogens with one attached hydrogen (secondary N) is 1. The topological polar surface area (TPSA) is 87.9 Å². The Morgan fingerprint density at radius 2 is 1.70 bits per heavy atom. The standard InChI is InChI=1S/C29H30F2N4O4S/c1-19-15-21(5-6-27(19)35-7-11-38-12-8-35)32-29-33-26-4-2-3-22(28(26)39-29)20-16-24(30)23(25(31)17-20)18-34-9-13-40(36,37)14-10-34/h2-6,15-17H,7-14,18H2,1H3,(H,32,33). The molecule has 1 N–H and O–H groups in total. The number of oxazole rings is 1. The van der Waals surface area contributed by atoms with E-state index in [9.17, 15) is 8.42 Å². The van der Waals surface area contributed by atoms with E-state index < -0.39 is 21.5 Å². The predicted molar refractivity (Wildman–Crippen MR) is 151 cm³/mol. The second-order valence-electron chi connectivity index (χ2n) is 10.2. The Bertz CT molecular complexity index is 1630. The van der Waals surface area contributed by atoms with Crippen LogP contribution in [0.15, 0.2) is 52.9 Å². The van der Waals surface area contributed by atoms with Crippen LogP contribution < -0.4 is 10.2 Å². The van der Waals surface area contributed by atoms with Gasteiger partial charge in [0, 0.05) is 55.2 Å². The van der Waals surface area contributed by atoms with Crippen molar-refractivity contribution in [2.75, 3.05) is 61.1 Å². The highest BCUT2D eigenvalue weighted by Gasteiger charge is 2.24. The molecule has 0 amide bonds. The first-order chi connectivity index (χ1) is 19.3. The third-order valence-electron chi connectivity index (χ3n) is 7.49. The van der Waals surface area contributed by atoms with Crippen molar-refractivity contribution in [1.82, 2.24) is 9.88 Å². The quantitative estimate of drug-likeness (QED) is 0.352. The monoisotopic (exact) mass is 568 g/mol. The van der Waals surface area contributed by atoms with E-state index >= 15 is 8.78 Å². The van der Waals surface area contributed by atoms with Gasteiger partial charge in [0.2, 0.25) is 0 Å². The fraction of sp³-hybridized carbons (Fsp3) is 0.345. The number of fused-ring (bicyclic) bond motifs is 1. The van der Waals surface area contributed by atoms with Crippen LogP contribution in [0.3, 0.4) is 0 Å². The maximum absolute atomic E-state index is 15.1. The SMILES string of the molecule is Cc1cc(Nc2nc3cccc(-c4cc(F)c(CN5CCS(=O)(=O)CC5)c(F)c4)c3o2)ccc1N1CCOCC1. The van der Waals surface area contributed by atoms with Gasteiger partial charge in [-0.1, -0.05) is 12.1 Å². The molecule has 0 spiro atoms. The fourth-order valence-electron chi connectivity index (χ4n) is 5.29. The van der Waals surface area contributed by atoms with Gasteiger partial charge in [0.25, 0.3) is 6.01 Å². The Balaban J connectivity index is 1.23. The summed E-state index contributed by atoms with van der Waals surface area (Å²) in [6.07, 6.45) is 0. The normalized spacial score (nSPS) is 17.8. The van der Waals surface area contributed by atoms with Gasteiger partial charge in [-0.2, -0.15) is 4.98 Å². The number of ether oxygens (including phenoxy) is 1. The molecule has 0 unspecified atom stereocenters. The smallest absolute Gasteiger partial charge is 0.300 e. The van der Waals surface area contributed by atoms with Gasteiger partial charge in [-0.15, -0.1) is 0 Å². The number of anilines is 3. The van der Waals surface area contributed by atoms with E-state index in [4.69, 9.17) is 9.15 Å². The number of nitrogens with zero attached hydrogens (tertiary/aromatic N) is 3. The van der Waals surface area contributed by atoms with Gasteiger partial charge in [-0.05, 0) is 54.4 Å². The summed E-state index contributed by atoms with van der Waals surface area (Å²) in [4.78, 5) is 8.60. The predicted octanol–water partition coefficient (Wildman–Crippen LogP) is 4.89. The molecule has 3 aromatic carbocycles. The van der Waals surface area contributed by atoms with Crippen molar-refractivity contribution in [3.63, 3.8) is 0 Å². The van der Waals surface area contributed by atoms with E-state index in [0.29, 0.717) is 35.4 Å². The van der Waals surface area contributed by atoms with Crippen molar-refractivity contribution >= 4 is 38.3 Å². The zero-order valence-corrected chi connectivity index (χ0v) is 22.9. The highest BCUT2D eigenvalue weighted by molar-refractivity contribution is 7.91. The molecule has 0 atom stereocenters. The van der Waals surface area contributed by atoms with E-state index in [1.165, 1.54) is 12.1 Å². The Labute approximate surface area is 231 Å². The maximum Gasteiger partial charge on any atom is 0.300 e. The van der Waals surface area contributed by atoms with Crippen molar-refractivity contribution in [1.29, 1.82) is 0 Å². The zero-order chi connectivity index (χ0) is 27.9. The minimum Gasteiger partial charge on any atom is -0.423 e. The van der Waals surface area contributed by atoms with Crippen LogP contribution in [-0.4, -0.2) is 69.2 Å². The van der Waals surface area contributed by atoms with E-state index in [2.05, 4.69) is 28.2 Å². The molecule has 11 heteroatoms. The number of para-hydroxylation sites is 1. The van der Waals surface area contributed by atoms with Crippen LogP contribution in [0.4, 0.5) is 26.2 Å². The average Bonchev–Trinajstić information content (AvgIpc) is 3.34. The van der Waals surface area contributed by atoms with Crippen LogP contribution in [0.5, 0.6) is 0 Å². The van der Waals surface area contributed by atoms with Gasteiger partial charge in [0.05, 0.1) is 24.7 Å². The van der Waals surface area contributed by atoms with Crippen molar-refractivity contribution in [3.05, 3.63) is 71.3 Å². The van der Waals surface area contributed by atoms with Gasteiger partial charge in [-0.25, -0.2) is 17.2 Å². The lowest BCUT2D eigenvalue weighted by molar-refractivity contribution is 0.122.